The molecule has 474 valence electrons. The molecule has 22 heteroatoms. The van der Waals surface area contributed by atoms with Crippen molar-refractivity contribution in [3.8, 4) is 22.3 Å². The first-order valence-electron chi connectivity index (χ1n) is 27.5. The van der Waals surface area contributed by atoms with Gasteiger partial charge in [-0.25, -0.2) is 0 Å². The zero-order valence-electron chi connectivity index (χ0n) is 47.2. The Balaban J connectivity index is 0.000000318. The van der Waals surface area contributed by atoms with Crippen molar-refractivity contribution in [2.24, 2.45) is 0 Å². The van der Waals surface area contributed by atoms with Crippen molar-refractivity contribution in [3.05, 3.63) is 305 Å². The summed E-state index contributed by atoms with van der Waals surface area (Å²) >= 11 is 1.80. The summed E-state index contributed by atoms with van der Waals surface area (Å²) in [4.78, 5) is 19.1. The molecule has 1 unspecified atom stereocenters. The Morgan fingerprint density at radius 3 is 1.09 bits per heavy atom. The van der Waals surface area contributed by atoms with Crippen molar-refractivity contribution >= 4 is 35.7 Å². The van der Waals surface area contributed by atoms with Crippen molar-refractivity contribution in [1.29, 1.82) is 0 Å². The van der Waals surface area contributed by atoms with E-state index < -0.39 is 53.6 Å². The van der Waals surface area contributed by atoms with Crippen LogP contribution in [0.4, 0.5) is 74.3 Å². The van der Waals surface area contributed by atoms with E-state index in [4.69, 9.17) is 0 Å². The molecule has 0 saturated heterocycles. The molecular weight excluding hydrogens is 1290 g/mol. The number of alkyl halides is 15. The SMILES string of the molecule is CC(=O)c1ccc2c(c1)C(c1ccccc1)(c1ccccc1)c1cc(Sc3ccc([S+](c4ccccc4)c4ccc5c(c4)C(c4ccccc4)(c4ccccc4)c4ccccc4-5)cc3)ccc1-2.FC(F)(F)C(F)(F)P(F)(F)(C(F)(F)C(F)(F)F)C(F)(F)C(F)(F)F.[F-]. The van der Waals surface area contributed by atoms with E-state index in [1.165, 1.54) is 85.7 Å². The van der Waals surface area contributed by atoms with Crippen molar-refractivity contribution < 1.29 is 83.7 Å². The van der Waals surface area contributed by atoms with E-state index >= 15 is 0 Å². The predicted molar refractivity (Wildman–Crippen MR) is 319 cm³/mol. The monoisotopic (exact) mass is 1340 g/mol. The number of benzene rings is 10. The molecule has 2 aliphatic carbocycles. The van der Waals surface area contributed by atoms with Gasteiger partial charge < -0.3 is 4.70 Å². The molecule has 0 N–H and O–H groups in total. The van der Waals surface area contributed by atoms with Crippen molar-refractivity contribution in [2.75, 3.05) is 0 Å². The minimum Gasteiger partial charge on any atom is -1.00 e. The van der Waals surface area contributed by atoms with Gasteiger partial charge in [-0.15, -0.1) is 0 Å². The van der Waals surface area contributed by atoms with Crippen LogP contribution in [0.25, 0.3) is 22.3 Å². The van der Waals surface area contributed by atoms with Crippen LogP contribution < -0.4 is 4.70 Å². The molecule has 0 amide bonds. The van der Waals surface area contributed by atoms with Gasteiger partial charge in [0.15, 0.2) is 20.5 Å². The molecule has 10 aromatic carbocycles. The first kappa shape index (κ1) is 66.7. The van der Waals surface area contributed by atoms with E-state index in [9.17, 15) is 79.0 Å². The van der Waals surface area contributed by atoms with Crippen LogP contribution in [0.2, 0.25) is 0 Å². The van der Waals surface area contributed by atoms with Crippen LogP contribution in [0.1, 0.15) is 61.8 Å². The maximum Gasteiger partial charge on any atom is -1.00 e. The summed E-state index contributed by atoms with van der Waals surface area (Å²) in [5, 5.41) is 0. The summed E-state index contributed by atoms with van der Waals surface area (Å²) in [5.74, 6) is 0.0674. The average molecular weight is 1340 g/mol. The standard InChI is InChI=1S/C64H45OS2.C6F17P.FH/c1-44(65)45-31-38-56-57-39-34-51(42-61(57)64(60(56)41-45,48-23-11-4-12-24-48)49-25-13-5-14-26-49)66-50-32-35-53(36-33-50)67(52-27-15-6-16-28-52)54-37-40-58-55-29-17-18-30-59(55)63(62(58)43-54,46-19-7-2-8-20-46)47-21-9-3-10-22-47;7-1(8,9)4(16,17)24(22,23,5(18,19)2(10,11)12)6(20,21)3(13,14)15;/h2-43H,1H3;;1H/q+1;;/p-1. The van der Waals surface area contributed by atoms with E-state index in [1.807, 2.05) is 6.07 Å². The molecule has 1 atom stereocenters. The van der Waals surface area contributed by atoms with Crippen molar-refractivity contribution in [3.63, 3.8) is 0 Å². The molecule has 0 spiro atoms. The van der Waals surface area contributed by atoms with Crippen molar-refractivity contribution in [2.45, 2.75) is 77.8 Å². The summed E-state index contributed by atoms with van der Waals surface area (Å²) in [6, 6.07) is 93.5. The fourth-order valence-corrected chi connectivity index (χ4v) is 17.6. The normalized spacial score (nSPS) is 15.0. The fourth-order valence-electron chi connectivity index (χ4n) is 12.2. The molecule has 92 heavy (non-hydrogen) atoms. The number of hydrogen-bond donors (Lipinski definition) is 0. The number of hydrogen-bond acceptors (Lipinski definition) is 2. The van der Waals surface area contributed by atoms with Gasteiger partial charge in [-0.2, -0.15) is 0 Å². The Hall–Kier alpha value is -8.26. The second-order valence-electron chi connectivity index (χ2n) is 21.5. The third-order valence-corrected chi connectivity index (χ3v) is 23.3. The molecule has 0 radical (unpaired) electrons. The van der Waals surface area contributed by atoms with Crippen LogP contribution in [0, 0.1) is 0 Å². The van der Waals surface area contributed by atoms with Crippen LogP contribution in [-0.2, 0) is 21.7 Å². The quantitative estimate of drug-likeness (QED) is 0.0495. The topological polar surface area (TPSA) is 17.1 Å². The Bertz CT molecular complexity index is 4190. The van der Waals surface area contributed by atoms with Crippen LogP contribution in [-0.4, -0.2) is 41.3 Å². The number of halogens is 18. The smallest absolute Gasteiger partial charge is 1.00 e. The van der Waals surface area contributed by atoms with Gasteiger partial charge in [0.2, 0.25) is 0 Å². The van der Waals surface area contributed by atoms with E-state index in [-0.39, 0.29) is 21.4 Å². The maximum atomic E-state index is 13.4. The third kappa shape index (κ3) is 10.0. The van der Waals surface area contributed by atoms with Crippen molar-refractivity contribution in [1.82, 2.24) is 0 Å². The molecular formula is C70H45F18OPS2. The number of Topliss-reactive ketones (excluding diaryl/α,β-unsaturated/α-hetero) is 1. The Morgan fingerprint density at radius 1 is 0.348 bits per heavy atom. The van der Waals surface area contributed by atoms with E-state index in [2.05, 4.69) is 249 Å². The zero-order chi connectivity index (χ0) is 65.4. The molecule has 0 aliphatic heterocycles. The summed E-state index contributed by atoms with van der Waals surface area (Å²) in [6.07, 6.45) is -24.9. The summed E-state index contributed by atoms with van der Waals surface area (Å²) in [7, 11) is -13.1. The molecule has 0 saturated carbocycles. The van der Waals surface area contributed by atoms with Crippen LogP contribution >= 0.6 is 19.0 Å². The van der Waals surface area contributed by atoms with Gasteiger partial charge in [-0.3, -0.25) is 4.79 Å². The number of ketones is 1. The number of carbonyl (C=O) groups is 1. The van der Waals surface area contributed by atoms with Gasteiger partial charge in [-0.05, 0) is 146 Å². The van der Waals surface area contributed by atoms with Gasteiger partial charge in [-0.1, -0.05) is 194 Å². The molecule has 0 heterocycles. The van der Waals surface area contributed by atoms with E-state index in [0.29, 0.717) is 0 Å². The predicted octanol–water partition coefficient (Wildman–Crippen LogP) is 19.6. The third-order valence-electron chi connectivity index (χ3n) is 16.4. The van der Waals surface area contributed by atoms with Crippen LogP contribution in [0.3, 0.4) is 0 Å². The average Bonchev–Trinajstić information content (AvgIpc) is 0.941. The van der Waals surface area contributed by atoms with E-state index in [1.54, 1.807) is 18.7 Å². The molecule has 12 rings (SSSR count). The zero-order valence-corrected chi connectivity index (χ0v) is 49.8. The van der Waals surface area contributed by atoms with Crippen LogP contribution in [0.5, 0.6) is 0 Å². The molecule has 0 fully saturated rings. The number of rotatable bonds is 13. The second-order valence-corrected chi connectivity index (χ2v) is 28.1. The Labute approximate surface area is 521 Å². The van der Waals surface area contributed by atoms with Gasteiger partial charge in [0.05, 0.1) is 21.7 Å². The van der Waals surface area contributed by atoms with E-state index in [0.717, 1.165) is 11.1 Å². The largest absolute Gasteiger partial charge is 1.00 e. The Morgan fingerprint density at radius 2 is 0.663 bits per heavy atom. The molecule has 2 aliphatic rings. The first-order chi connectivity index (χ1) is 42.9. The number of fused-ring (bicyclic) bond motifs is 6. The number of carbonyl (C=O) groups excluding carboxylic acids is 1. The first-order valence-corrected chi connectivity index (χ1v) is 31.5. The summed E-state index contributed by atoms with van der Waals surface area (Å²) in [6.45, 7) is 1.66. The van der Waals surface area contributed by atoms with Crippen LogP contribution in [0.15, 0.2) is 279 Å². The molecule has 10 aromatic rings. The van der Waals surface area contributed by atoms with Gasteiger partial charge in [0.25, 0.3) is 0 Å². The Kier molecular flexibility index (Phi) is 17.2. The van der Waals surface area contributed by atoms with Gasteiger partial charge in [0, 0.05) is 15.4 Å². The fraction of sp³-hybridized carbons (Fsp3) is 0.129. The summed E-state index contributed by atoms with van der Waals surface area (Å²) < 4.78 is 209. The molecule has 1 nitrogen and oxygen atoms in total. The summed E-state index contributed by atoms with van der Waals surface area (Å²) in [5.41, 5.74) is -12.6. The minimum absolute atomic E-state index is 0. The minimum atomic E-state index is -12.7. The second kappa shape index (κ2) is 23.7. The molecule has 0 aromatic heterocycles. The van der Waals surface area contributed by atoms with Gasteiger partial charge in [0.1, 0.15) is 0 Å². The maximum absolute atomic E-state index is 13.4. The van der Waals surface area contributed by atoms with Gasteiger partial charge >= 0.3 is 117 Å². The molecule has 0 bridgehead atoms.